The van der Waals surface area contributed by atoms with Gasteiger partial charge < -0.3 is 4.42 Å². The highest BCUT2D eigenvalue weighted by Gasteiger charge is 2.60. The highest BCUT2D eigenvalue weighted by molar-refractivity contribution is 5.97. The molecule has 0 radical (unpaired) electrons. The van der Waals surface area contributed by atoms with Crippen LogP contribution in [0.5, 0.6) is 0 Å². The summed E-state index contributed by atoms with van der Waals surface area (Å²) in [6.45, 7) is 6.86. The summed E-state index contributed by atoms with van der Waals surface area (Å²) in [5.74, 6) is 0.681. The zero-order chi connectivity index (χ0) is 18.5. The Hall–Kier alpha value is -2.43. The van der Waals surface area contributed by atoms with Crippen molar-refractivity contribution < 1.29 is 13.6 Å². The summed E-state index contributed by atoms with van der Waals surface area (Å²) in [5, 5.41) is 4.45. The van der Waals surface area contributed by atoms with Gasteiger partial charge in [-0.2, -0.15) is 5.10 Å². The van der Waals surface area contributed by atoms with Gasteiger partial charge in [0.05, 0.1) is 0 Å². The standard InChI is InChI=1S/C21H23FN2O2/c1-20(2)14-10-11-21(20,3)18(12-14)23-24-19(25)17-9-8-16(26-17)13-4-6-15(22)7-5-13/h4-9,14H,10-12H2,1-3H3,(H,24,25)/b23-18+/t14-,21+/m1/s1. The van der Waals surface area contributed by atoms with Crippen LogP contribution in [0.15, 0.2) is 45.9 Å². The van der Waals surface area contributed by atoms with Crippen LogP contribution in [-0.4, -0.2) is 11.6 Å². The third kappa shape index (κ3) is 2.49. The first kappa shape index (κ1) is 17.0. The van der Waals surface area contributed by atoms with E-state index in [9.17, 15) is 9.18 Å². The average molecular weight is 354 g/mol. The minimum Gasteiger partial charge on any atom is -0.451 e. The number of rotatable bonds is 3. The third-order valence-electron chi connectivity index (χ3n) is 6.76. The number of nitrogens with zero attached hydrogens (tertiary/aromatic N) is 1. The van der Waals surface area contributed by atoms with Crippen LogP contribution in [0.1, 0.15) is 50.6 Å². The van der Waals surface area contributed by atoms with Gasteiger partial charge in [-0.1, -0.05) is 20.8 Å². The summed E-state index contributed by atoms with van der Waals surface area (Å²) in [6, 6.07) is 9.28. The second kappa shape index (κ2) is 5.79. The smallest absolute Gasteiger partial charge is 0.307 e. The maximum absolute atomic E-state index is 13.0. The fourth-order valence-electron chi connectivity index (χ4n) is 4.50. The normalized spacial score (nSPS) is 27.8. The molecule has 2 aliphatic carbocycles. The van der Waals surface area contributed by atoms with Gasteiger partial charge in [-0.25, -0.2) is 9.82 Å². The molecule has 1 N–H and O–H groups in total. The Labute approximate surface area is 152 Å². The first-order valence-corrected chi connectivity index (χ1v) is 9.04. The van der Waals surface area contributed by atoms with E-state index >= 15 is 0 Å². The maximum atomic E-state index is 13.0. The van der Waals surface area contributed by atoms with E-state index in [1.165, 1.54) is 18.6 Å². The summed E-state index contributed by atoms with van der Waals surface area (Å²) in [5.41, 5.74) is 4.73. The summed E-state index contributed by atoms with van der Waals surface area (Å²) in [6.07, 6.45) is 3.30. The van der Waals surface area contributed by atoms with E-state index in [1.807, 2.05) is 0 Å². The minimum atomic E-state index is -0.366. The van der Waals surface area contributed by atoms with Crippen molar-refractivity contribution in [3.8, 4) is 11.3 Å². The molecule has 1 amide bonds. The monoisotopic (exact) mass is 354 g/mol. The van der Waals surface area contributed by atoms with Crippen LogP contribution >= 0.6 is 0 Å². The van der Waals surface area contributed by atoms with Crippen LogP contribution in [0.25, 0.3) is 11.3 Å². The van der Waals surface area contributed by atoms with Crippen LogP contribution in [0.3, 0.4) is 0 Å². The quantitative estimate of drug-likeness (QED) is 0.787. The summed E-state index contributed by atoms with van der Waals surface area (Å²) in [4.78, 5) is 12.4. The van der Waals surface area contributed by atoms with E-state index in [0.29, 0.717) is 11.7 Å². The number of amides is 1. The predicted octanol–water partition coefficient (Wildman–Crippen LogP) is 5.02. The molecule has 1 aromatic heterocycles. The molecule has 2 aliphatic rings. The molecular weight excluding hydrogens is 331 g/mol. The molecule has 5 heteroatoms. The Kier molecular flexibility index (Phi) is 3.79. The minimum absolute atomic E-state index is 0.0490. The van der Waals surface area contributed by atoms with Gasteiger partial charge in [0.2, 0.25) is 0 Å². The lowest BCUT2D eigenvalue weighted by molar-refractivity contribution is 0.0927. The number of hydrazone groups is 1. The van der Waals surface area contributed by atoms with Gasteiger partial charge >= 0.3 is 5.91 Å². The van der Waals surface area contributed by atoms with E-state index in [4.69, 9.17) is 4.42 Å². The molecule has 0 aliphatic heterocycles. The van der Waals surface area contributed by atoms with Crippen molar-refractivity contribution >= 4 is 11.6 Å². The largest absolute Gasteiger partial charge is 0.451 e. The zero-order valence-electron chi connectivity index (χ0n) is 15.3. The molecule has 0 saturated heterocycles. The molecule has 2 saturated carbocycles. The molecule has 2 bridgehead atoms. The molecular formula is C21H23FN2O2. The Bertz CT molecular complexity index is 882. The second-order valence-electron chi connectivity index (χ2n) is 8.16. The van der Waals surface area contributed by atoms with Crippen molar-refractivity contribution in [3.63, 3.8) is 0 Å². The number of carbonyl (C=O) groups is 1. The number of halogens is 1. The highest BCUT2D eigenvalue weighted by atomic mass is 19.1. The molecule has 2 atom stereocenters. The topological polar surface area (TPSA) is 54.6 Å². The molecule has 26 heavy (non-hydrogen) atoms. The number of carbonyl (C=O) groups excluding carboxylic acids is 1. The lowest BCUT2D eigenvalue weighted by atomic mass is 9.70. The first-order chi connectivity index (χ1) is 12.3. The van der Waals surface area contributed by atoms with Gasteiger partial charge in [0.25, 0.3) is 0 Å². The van der Waals surface area contributed by atoms with Crippen molar-refractivity contribution in [1.29, 1.82) is 0 Å². The molecule has 4 rings (SSSR count). The van der Waals surface area contributed by atoms with E-state index in [-0.39, 0.29) is 28.3 Å². The number of nitrogens with one attached hydrogen (secondary N) is 1. The number of fused-ring (bicyclic) bond motifs is 2. The molecule has 2 fully saturated rings. The molecule has 0 spiro atoms. The first-order valence-electron chi connectivity index (χ1n) is 9.04. The van der Waals surface area contributed by atoms with Crippen LogP contribution in [0, 0.1) is 22.6 Å². The van der Waals surface area contributed by atoms with Gasteiger partial charge in [0.15, 0.2) is 5.76 Å². The number of benzene rings is 1. The van der Waals surface area contributed by atoms with Crippen LogP contribution in [0.4, 0.5) is 4.39 Å². The van der Waals surface area contributed by atoms with Crippen molar-refractivity contribution in [2.45, 2.75) is 40.0 Å². The van der Waals surface area contributed by atoms with Gasteiger partial charge in [-0.3, -0.25) is 4.79 Å². The van der Waals surface area contributed by atoms with Crippen LogP contribution in [-0.2, 0) is 0 Å². The molecule has 1 heterocycles. The zero-order valence-corrected chi connectivity index (χ0v) is 15.3. The lowest BCUT2D eigenvalue weighted by Crippen LogP contribution is -2.34. The van der Waals surface area contributed by atoms with E-state index < -0.39 is 0 Å². The van der Waals surface area contributed by atoms with E-state index in [0.717, 1.165) is 24.1 Å². The van der Waals surface area contributed by atoms with Gasteiger partial charge in [-0.05, 0) is 67.0 Å². The predicted molar refractivity (Wildman–Crippen MR) is 98.2 cm³/mol. The second-order valence-corrected chi connectivity index (χ2v) is 8.16. The van der Waals surface area contributed by atoms with Crippen LogP contribution < -0.4 is 5.43 Å². The Balaban J connectivity index is 1.49. The third-order valence-corrected chi connectivity index (χ3v) is 6.76. The van der Waals surface area contributed by atoms with Crippen molar-refractivity contribution in [3.05, 3.63) is 48.0 Å². The molecule has 2 aromatic rings. The van der Waals surface area contributed by atoms with Gasteiger partial charge in [0.1, 0.15) is 11.6 Å². The Morgan fingerprint density at radius 1 is 1.19 bits per heavy atom. The fourth-order valence-corrected chi connectivity index (χ4v) is 4.50. The number of furan rings is 1. The van der Waals surface area contributed by atoms with E-state index in [2.05, 4.69) is 31.3 Å². The summed E-state index contributed by atoms with van der Waals surface area (Å²) in [7, 11) is 0. The summed E-state index contributed by atoms with van der Waals surface area (Å²) >= 11 is 0. The van der Waals surface area contributed by atoms with Crippen molar-refractivity contribution in [2.75, 3.05) is 0 Å². The number of hydrogen-bond acceptors (Lipinski definition) is 3. The SMILES string of the molecule is CC1(C)[C@@H]2CC[C@@]1(C)/C(=N/NC(=O)c1ccc(-c3ccc(F)cc3)o1)C2. The van der Waals surface area contributed by atoms with Gasteiger partial charge in [-0.15, -0.1) is 0 Å². The average Bonchev–Trinajstić information content (AvgIpc) is 3.23. The molecule has 0 unspecified atom stereocenters. The molecule has 136 valence electrons. The van der Waals surface area contributed by atoms with Crippen molar-refractivity contribution in [2.24, 2.45) is 21.8 Å². The molecule has 4 nitrogen and oxygen atoms in total. The molecule has 1 aromatic carbocycles. The Morgan fingerprint density at radius 3 is 2.54 bits per heavy atom. The summed E-state index contributed by atoms with van der Waals surface area (Å²) < 4.78 is 18.6. The number of hydrogen-bond donors (Lipinski definition) is 1. The van der Waals surface area contributed by atoms with Crippen LogP contribution in [0.2, 0.25) is 0 Å². The van der Waals surface area contributed by atoms with Crippen molar-refractivity contribution in [1.82, 2.24) is 5.43 Å². The van der Waals surface area contributed by atoms with E-state index in [1.54, 1.807) is 24.3 Å². The lowest BCUT2D eigenvalue weighted by Gasteiger charge is -2.34. The maximum Gasteiger partial charge on any atom is 0.307 e. The Morgan fingerprint density at radius 2 is 1.92 bits per heavy atom. The highest BCUT2D eigenvalue weighted by Crippen LogP contribution is 2.63. The van der Waals surface area contributed by atoms with Gasteiger partial charge in [0, 0.05) is 16.7 Å². The fraction of sp³-hybridized carbons (Fsp3) is 0.429.